The van der Waals surface area contributed by atoms with E-state index in [0.717, 1.165) is 6.54 Å². The molecule has 0 aromatic rings. The predicted octanol–water partition coefficient (Wildman–Crippen LogP) is 2.20. The van der Waals surface area contributed by atoms with E-state index < -0.39 is 0 Å². The van der Waals surface area contributed by atoms with Crippen LogP contribution in [0.1, 0.15) is 33.6 Å². The van der Waals surface area contributed by atoms with Crippen molar-refractivity contribution in [2.75, 3.05) is 32.4 Å². The Kier molecular flexibility index (Phi) is 5.44. The Morgan fingerprint density at radius 3 is 2.53 bits per heavy atom. The van der Waals surface area contributed by atoms with Crippen LogP contribution >= 0.6 is 11.8 Å². The summed E-state index contributed by atoms with van der Waals surface area (Å²) < 4.78 is 0.483. The summed E-state index contributed by atoms with van der Waals surface area (Å²) in [7, 11) is 0. The number of hydrogen-bond acceptors (Lipinski definition) is 3. The summed E-state index contributed by atoms with van der Waals surface area (Å²) in [6, 6.07) is 0.659. The molecule has 1 N–H and O–H groups in total. The van der Waals surface area contributed by atoms with Crippen LogP contribution in [0.3, 0.4) is 0 Å². The van der Waals surface area contributed by atoms with Crippen LogP contribution < -0.4 is 5.32 Å². The lowest BCUT2D eigenvalue weighted by Gasteiger charge is -2.39. The molecule has 0 amide bonds. The Balaban J connectivity index is 2.49. The van der Waals surface area contributed by atoms with E-state index in [1.165, 1.54) is 32.5 Å². The molecule has 2 nitrogen and oxygen atoms in total. The lowest BCUT2D eigenvalue weighted by atomic mass is 10.0. The molecule has 0 aliphatic carbocycles. The molecule has 1 heterocycles. The van der Waals surface area contributed by atoms with Crippen LogP contribution in [0.2, 0.25) is 0 Å². The lowest BCUT2D eigenvalue weighted by molar-refractivity contribution is 0.185. The Morgan fingerprint density at radius 2 is 2.07 bits per heavy atom. The SMILES string of the molecule is CCC(CC)(CN1CCNC(C)C1)SC. The van der Waals surface area contributed by atoms with Crippen molar-refractivity contribution >= 4 is 11.8 Å². The first-order valence-electron chi connectivity index (χ1n) is 6.16. The Morgan fingerprint density at radius 1 is 1.40 bits per heavy atom. The summed E-state index contributed by atoms with van der Waals surface area (Å²) >= 11 is 2.05. The highest BCUT2D eigenvalue weighted by atomic mass is 32.2. The van der Waals surface area contributed by atoms with Gasteiger partial charge in [0, 0.05) is 37.0 Å². The van der Waals surface area contributed by atoms with E-state index in [4.69, 9.17) is 0 Å². The summed E-state index contributed by atoms with van der Waals surface area (Å²) in [5.41, 5.74) is 0. The molecule has 90 valence electrons. The van der Waals surface area contributed by atoms with E-state index in [-0.39, 0.29) is 0 Å². The molecule has 1 atom stereocenters. The maximum Gasteiger partial charge on any atom is 0.0279 e. The molecule has 0 aromatic heterocycles. The van der Waals surface area contributed by atoms with Gasteiger partial charge in [-0.1, -0.05) is 13.8 Å². The summed E-state index contributed by atoms with van der Waals surface area (Å²) in [5.74, 6) is 0. The number of nitrogens with one attached hydrogen (secondary N) is 1. The van der Waals surface area contributed by atoms with Crippen LogP contribution in [-0.4, -0.2) is 48.1 Å². The Labute approximate surface area is 99.2 Å². The molecule has 1 aliphatic rings. The molecular formula is C12H26N2S. The van der Waals surface area contributed by atoms with Gasteiger partial charge in [-0.15, -0.1) is 0 Å². The lowest BCUT2D eigenvalue weighted by Crippen LogP contribution is -2.53. The minimum atomic E-state index is 0.483. The third-order valence-electron chi connectivity index (χ3n) is 3.69. The van der Waals surface area contributed by atoms with Crippen molar-refractivity contribution in [3.63, 3.8) is 0 Å². The molecule has 0 saturated carbocycles. The maximum atomic E-state index is 3.50. The molecule has 1 saturated heterocycles. The first-order chi connectivity index (χ1) is 7.15. The molecule has 0 aromatic carbocycles. The van der Waals surface area contributed by atoms with E-state index in [1.807, 2.05) is 0 Å². The molecule has 1 fully saturated rings. The van der Waals surface area contributed by atoms with Gasteiger partial charge in [0.2, 0.25) is 0 Å². The van der Waals surface area contributed by atoms with Gasteiger partial charge in [-0.25, -0.2) is 0 Å². The standard InChI is InChI=1S/C12H26N2S/c1-5-12(6-2,15-4)10-14-8-7-13-11(3)9-14/h11,13H,5-10H2,1-4H3. The second-order valence-electron chi connectivity index (χ2n) is 4.68. The van der Waals surface area contributed by atoms with Crippen LogP contribution in [0.4, 0.5) is 0 Å². The zero-order valence-electron chi connectivity index (χ0n) is 10.7. The van der Waals surface area contributed by atoms with Crippen LogP contribution in [0.15, 0.2) is 0 Å². The molecule has 1 rings (SSSR count). The van der Waals surface area contributed by atoms with Crippen LogP contribution in [-0.2, 0) is 0 Å². The first kappa shape index (κ1) is 13.3. The van der Waals surface area contributed by atoms with Crippen LogP contribution in [0.25, 0.3) is 0 Å². The molecule has 0 radical (unpaired) electrons. The van der Waals surface area contributed by atoms with Gasteiger partial charge in [0.25, 0.3) is 0 Å². The maximum absolute atomic E-state index is 3.50. The number of rotatable bonds is 5. The summed E-state index contributed by atoms with van der Waals surface area (Å²) in [4.78, 5) is 2.63. The highest BCUT2D eigenvalue weighted by Crippen LogP contribution is 2.31. The molecule has 3 heteroatoms. The van der Waals surface area contributed by atoms with Gasteiger partial charge in [0.05, 0.1) is 0 Å². The molecule has 0 spiro atoms. The highest BCUT2D eigenvalue weighted by molar-refractivity contribution is 8.00. The van der Waals surface area contributed by atoms with Crippen molar-refractivity contribution in [3.8, 4) is 0 Å². The third-order valence-corrected chi connectivity index (χ3v) is 5.26. The largest absolute Gasteiger partial charge is 0.312 e. The van der Waals surface area contributed by atoms with Gasteiger partial charge < -0.3 is 5.32 Å². The average molecular weight is 230 g/mol. The fourth-order valence-electron chi connectivity index (χ4n) is 2.39. The van der Waals surface area contributed by atoms with Crippen LogP contribution in [0.5, 0.6) is 0 Å². The van der Waals surface area contributed by atoms with Crippen LogP contribution in [0, 0.1) is 0 Å². The smallest absolute Gasteiger partial charge is 0.0279 e. The Bertz CT molecular complexity index is 172. The quantitative estimate of drug-likeness (QED) is 0.779. The van der Waals surface area contributed by atoms with E-state index in [1.54, 1.807) is 0 Å². The fourth-order valence-corrected chi connectivity index (χ4v) is 3.28. The monoisotopic (exact) mass is 230 g/mol. The Hall–Kier alpha value is 0.270. The van der Waals surface area contributed by atoms with Gasteiger partial charge in [-0.2, -0.15) is 11.8 Å². The van der Waals surface area contributed by atoms with E-state index >= 15 is 0 Å². The van der Waals surface area contributed by atoms with E-state index in [9.17, 15) is 0 Å². The predicted molar refractivity (Wildman–Crippen MR) is 70.7 cm³/mol. The fraction of sp³-hybridized carbons (Fsp3) is 1.00. The highest BCUT2D eigenvalue weighted by Gasteiger charge is 2.29. The van der Waals surface area contributed by atoms with Gasteiger partial charge in [0.15, 0.2) is 0 Å². The summed E-state index contributed by atoms with van der Waals surface area (Å²) in [5, 5.41) is 3.50. The van der Waals surface area contributed by atoms with Gasteiger partial charge in [0.1, 0.15) is 0 Å². The minimum Gasteiger partial charge on any atom is -0.312 e. The molecule has 0 bridgehead atoms. The molecule has 1 aliphatic heterocycles. The second kappa shape index (κ2) is 6.12. The normalized spacial score (nSPS) is 24.4. The first-order valence-corrected chi connectivity index (χ1v) is 7.39. The topological polar surface area (TPSA) is 15.3 Å². The van der Waals surface area contributed by atoms with Crippen molar-refractivity contribution in [1.82, 2.24) is 10.2 Å². The summed E-state index contributed by atoms with van der Waals surface area (Å²) in [6.07, 6.45) is 4.82. The zero-order valence-corrected chi connectivity index (χ0v) is 11.5. The minimum absolute atomic E-state index is 0.483. The van der Waals surface area contributed by atoms with Gasteiger partial charge >= 0.3 is 0 Å². The molecular weight excluding hydrogens is 204 g/mol. The molecule has 1 unspecified atom stereocenters. The van der Waals surface area contributed by atoms with Gasteiger partial charge in [-0.05, 0) is 26.0 Å². The van der Waals surface area contributed by atoms with Crippen molar-refractivity contribution < 1.29 is 0 Å². The van der Waals surface area contributed by atoms with Crippen molar-refractivity contribution in [3.05, 3.63) is 0 Å². The van der Waals surface area contributed by atoms with E-state index in [2.05, 4.69) is 49.0 Å². The number of hydrogen-bond donors (Lipinski definition) is 1. The number of nitrogens with zero attached hydrogens (tertiary/aromatic N) is 1. The number of thioether (sulfide) groups is 1. The second-order valence-corrected chi connectivity index (χ2v) is 5.96. The summed E-state index contributed by atoms with van der Waals surface area (Å²) in [6.45, 7) is 11.8. The van der Waals surface area contributed by atoms with E-state index in [0.29, 0.717) is 10.8 Å². The van der Waals surface area contributed by atoms with Crippen molar-refractivity contribution in [1.29, 1.82) is 0 Å². The van der Waals surface area contributed by atoms with Crippen molar-refractivity contribution in [2.24, 2.45) is 0 Å². The average Bonchev–Trinajstić information content (AvgIpc) is 2.26. The van der Waals surface area contributed by atoms with Gasteiger partial charge in [-0.3, -0.25) is 4.90 Å². The van der Waals surface area contributed by atoms with Crippen molar-refractivity contribution in [2.45, 2.75) is 44.4 Å². The zero-order chi connectivity index (χ0) is 11.3. The third kappa shape index (κ3) is 3.65. The molecule has 15 heavy (non-hydrogen) atoms. The number of piperazine rings is 1.